The fourth-order valence-electron chi connectivity index (χ4n) is 2.52. The fourth-order valence-corrected chi connectivity index (χ4v) is 4.45. The van der Waals surface area contributed by atoms with Crippen LogP contribution in [0.1, 0.15) is 32.4 Å². The van der Waals surface area contributed by atoms with Crippen molar-refractivity contribution in [2.75, 3.05) is 23.1 Å². The second-order valence-electron chi connectivity index (χ2n) is 5.29. The third-order valence-corrected chi connectivity index (χ3v) is 5.52. The van der Waals surface area contributed by atoms with Crippen molar-refractivity contribution in [1.82, 2.24) is 5.32 Å². The van der Waals surface area contributed by atoms with Crippen LogP contribution < -0.4 is 9.62 Å². The van der Waals surface area contributed by atoms with Crippen LogP contribution in [0, 0.1) is 5.92 Å². The highest BCUT2D eigenvalue weighted by Gasteiger charge is 2.33. The van der Waals surface area contributed by atoms with Gasteiger partial charge in [0.15, 0.2) is 0 Å². The minimum Gasteiger partial charge on any atom is -0.310 e. The Balaban J connectivity index is 2.19. The van der Waals surface area contributed by atoms with E-state index in [0.717, 1.165) is 12.2 Å². The smallest absolute Gasteiger partial charge is 0.235 e. The molecular formula is C14H22N2O2S. The second-order valence-corrected chi connectivity index (χ2v) is 7.22. The Bertz CT molecular complexity index is 525. The molecule has 106 valence electrons. The number of rotatable bonds is 4. The standard InChI is InChI=1S/C14H22N2O2S/c1-4-15-12(3)13-5-7-14(8-6-13)16-9-11(2)10-19(16,17)18/h5-8,11-12,15H,4,9-10H2,1-3H3. The Morgan fingerprint density at radius 2 is 2.00 bits per heavy atom. The van der Waals surface area contributed by atoms with E-state index in [9.17, 15) is 8.42 Å². The number of nitrogens with zero attached hydrogens (tertiary/aromatic N) is 1. The summed E-state index contributed by atoms with van der Waals surface area (Å²) in [5.41, 5.74) is 1.95. The van der Waals surface area contributed by atoms with E-state index in [1.54, 1.807) is 0 Å². The lowest BCUT2D eigenvalue weighted by molar-refractivity contribution is 0.597. The molecule has 1 saturated heterocycles. The Labute approximate surface area is 115 Å². The Hall–Kier alpha value is -1.07. The molecule has 0 radical (unpaired) electrons. The third kappa shape index (κ3) is 3.09. The second kappa shape index (κ2) is 5.51. The zero-order chi connectivity index (χ0) is 14.0. The minimum atomic E-state index is -3.11. The lowest BCUT2D eigenvalue weighted by atomic mass is 10.1. The molecule has 5 heteroatoms. The van der Waals surface area contributed by atoms with Gasteiger partial charge in [0.1, 0.15) is 0 Å². The Kier molecular flexibility index (Phi) is 4.16. The monoisotopic (exact) mass is 282 g/mol. The zero-order valence-electron chi connectivity index (χ0n) is 11.8. The first-order valence-electron chi connectivity index (χ1n) is 6.77. The van der Waals surface area contributed by atoms with Gasteiger partial charge < -0.3 is 5.32 Å². The first kappa shape index (κ1) is 14.3. The summed E-state index contributed by atoms with van der Waals surface area (Å²) in [6.07, 6.45) is 0. The maximum atomic E-state index is 12.0. The molecule has 2 atom stereocenters. The van der Waals surface area contributed by atoms with Crippen LogP contribution in [-0.4, -0.2) is 27.3 Å². The van der Waals surface area contributed by atoms with E-state index in [4.69, 9.17) is 0 Å². The van der Waals surface area contributed by atoms with Crippen molar-refractivity contribution in [1.29, 1.82) is 0 Å². The number of sulfonamides is 1. The highest BCUT2D eigenvalue weighted by Crippen LogP contribution is 2.27. The van der Waals surface area contributed by atoms with Gasteiger partial charge in [0.2, 0.25) is 10.0 Å². The molecule has 2 unspecified atom stereocenters. The Morgan fingerprint density at radius 3 is 2.47 bits per heavy atom. The van der Waals surface area contributed by atoms with Crippen molar-refractivity contribution in [2.24, 2.45) is 5.92 Å². The van der Waals surface area contributed by atoms with Crippen molar-refractivity contribution in [2.45, 2.75) is 26.8 Å². The maximum Gasteiger partial charge on any atom is 0.235 e. The molecule has 2 rings (SSSR count). The van der Waals surface area contributed by atoms with Gasteiger partial charge in [0, 0.05) is 12.6 Å². The molecule has 1 aromatic carbocycles. The quantitative estimate of drug-likeness (QED) is 0.920. The van der Waals surface area contributed by atoms with Crippen molar-refractivity contribution < 1.29 is 8.42 Å². The van der Waals surface area contributed by atoms with E-state index in [1.165, 1.54) is 9.87 Å². The minimum absolute atomic E-state index is 0.199. The zero-order valence-corrected chi connectivity index (χ0v) is 12.6. The van der Waals surface area contributed by atoms with E-state index >= 15 is 0 Å². The third-order valence-electron chi connectivity index (χ3n) is 3.50. The number of benzene rings is 1. The number of hydrogen-bond donors (Lipinski definition) is 1. The highest BCUT2D eigenvalue weighted by molar-refractivity contribution is 7.93. The van der Waals surface area contributed by atoms with E-state index in [-0.39, 0.29) is 17.7 Å². The number of nitrogens with one attached hydrogen (secondary N) is 1. The average molecular weight is 282 g/mol. The van der Waals surface area contributed by atoms with E-state index in [2.05, 4.69) is 19.2 Å². The average Bonchev–Trinajstić information content (AvgIpc) is 2.63. The molecule has 1 fully saturated rings. The van der Waals surface area contributed by atoms with Gasteiger partial charge in [-0.15, -0.1) is 0 Å². The van der Waals surface area contributed by atoms with E-state index in [1.807, 2.05) is 31.2 Å². The topological polar surface area (TPSA) is 49.4 Å². The molecule has 0 saturated carbocycles. The molecule has 0 aromatic heterocycles. The predicted molar refractivity (Wildman–Crippen MR) is 78.8 cm³/mol. The van der Waals surface area contributed by atoms with Crippen LogP contribution >= 0.6 is 0 Å². The van der Waals surface area contributed by atoms with Crippen LogP contribution in [0.2, 0.25) is 0 Å². The highest BCUT2D eigenvalue weighted by atomic mass is 32.2. The van der Waals surface area contributed by atoms with Gasteiger partial charge in [0.25, 0.3) is 0 Å². The fraction of sp³-hybridized carbons (Fsp3) is 0.571. The molecular weight excluding hydrogens is 260 g/mol. The lowest BCUT2D eigenvalue weighted by Gasteiger charge is -2.19. The summed E-state index contributed by atoms with van der Waals surface area (Å²) < 4.78 is 25.5. The number of anilines is 1. The summed E-state index contributed by atoms with van der Waals surface area (Å²) in [6, 6.07) is 8.09. The van der Waals surface area contributed by atoms with Crippen LogP contribution in [-0.2, 0) is 10.0 Å². The van der Waals surface area contributed by atoms with Gasteiger partial charge in [-0.05, 0) is 37.1 Å². The van der Waals surface area contributed by atoms with Gasteiger partial charge in [-0.1, -0.05) is 26.0 Å². The summed E-state index contributed by atoms with van der Waals surface area (Å²) in [7, 11) is -3.11. The molecule has 1 aliphatic heterocycles. The number of hydrogen-bond acceptors (Lipinski definition) is 3. The van der Waals surface area contributed by atoms with Gasteiger partial charge >= 0.3 is 0 Å². The van der Waals surface area contributed by atoms with Gasteiger partial charge in [-0.3, -0.25) is 4.31 Å². The summed E-state index contributed by atoms with van der Waals surface area (Å²) in [5, 5.41) is 3.34. The summed E-state index contributed by atoms with van der Waals surface area (Å²) in [6.45, 7) is 7.65. The van der Waals surface area contributed by atoms with E-state index < -0.39 is 10.0 Å². The molecule has 4 nitrogen and oxygen atoms in total. The summed E-state index contributed by atoms with van der Waals surface area (Å²) in [5.74, 6) is 0.452. The first-order valence-corrected chi connectivity index (χ1v) is 8.38. The molecule has 1 aliphatic rings. The van der Waals surface area contributed by atoms with Crippen LogP contribution in [0.3, 0.4) is 0 Å². The van der Waals surface area contributed by atoms with Crippen molar-refractivity contribution in [3.8, 4) is 0 Å². The van der Waals surface area contributed by atoms with E-state index in [0.29, 0.717) is 6.54 Å². The Morgan fingerprint density at radius 1 is 1.37 bits per heavy atom. The molecule has 1 aromatic rings. The van der Waals surface area contributed by atoms with Crippen LogP contribution in [0.25, 0.3) is 0 Å². The molecule has 1 heterocycles. The lowest BCUT2D eigenvalue weighted by Crippen LogP contribution is -2.25. The summed E-state index contributed by atoms with van der Waals surface area (Å²) in [4.78, 5) is 0. The van der Waals surface area contributed by atoms with Crippen LogP contribution in [0.5, 0.6) is 0 Å². The molecule has 19 heavy (non-hydrogen) atoms. The van der Waals surface area contributed by atoms with Gasteiger partial charge in [-0.25, -0.2) is 8.42 Å². The SMILES string of the molecule is CCNC(C)c1ccc(N2CC(C)CS2(=O)=O)cc1. The molecule has 0 amide bonds. The van der Waals surface area contributed by atoms with Crippen molar-refractivity contribution in [3.63, 3.8) is 0 Å². The van der Waals surface area contributed by atoms with Gasteiger partial charge in [-0.2, -0.15) is 0 Å². The largest absolute Gasteiger partial charge is 0.310 e. The molecule has 1 N–H and O–H groups in total. The van der Waals surface area contributed by atoms with Crippen LogP contribution in [0.4, 0.5) is 5.69 Å². The molecule has 0 spiro atoms. The summed E-state index contributed by atoms with van der Waals surface area (Å²) >= 11 is 0. The van der Waals surface area contributed by atoms with Crippen molar-refractivity contribution >= 4 is 15.7 Å². The van der Waals surface area contributed by atoms with Crippen LogP contribution in [0.15, 0.2) is 24.3 Å². The molecule has 0 aliphatic carbocycles. The molecule has 0 bridgehead atoms. The normalized spacial score (nSPS) is 23.5. The maximum absolute atomic E-state index is 12.0. The van der Waals surface area contributed by atoms with Gasteiger partial charge in [0.05, 0.1) is 11.4 Å². The first-order chi connectivity index (χ1) is 8.94. The predicted octanol–water partition coefficient (Wildman–Crippen LogP) is 2.14. The van der Waals surface area contributed by atoms with Crippen molar-refractivity contribution in [3.05, 3.63) is 29.8 Å².